The van der Waals surface area contributed by atoms with E-state index in [4.69, 9.17) is 12.2 Å². The highest BCUT2D eigenvalue weighted by Gasteiger charge is 2.29. The van der Waals surface area contributed by atoms with Gasteiger partial charge in [0, 0.05) is 15.7 Å². The molecule has 1 aliphatic heterocycles. The maximum atomic E-state index is 5.47. The summed E-state index contributed by atoms with van der Waals surface area (Å²) >= 11 is 10.7. The minimum atomic E-state index is 0.163. The van der Waals surface area contributed by atoms with Crippen molar-refractivity contribution in [3.05, 3.63) is 28.7 Å². The molecule has 0 atom stereocenters. The molecule has 0 amide bonds. The van der Waals surface area contributed by atoms with Crippen molar-refractivity contribution < 1.29 is 0 Å². The van der Waals surface area contributed by atoms with Crippen LogP contribution in [-0.2, 0) is 0 Å². The first-order chi connectivity index (χ1) is 8.38. The van der Waals surface area contributed by atoms with Gasteiger partial charge in [0.1, 0.15) is 4.32 Å². The molecule has 1 fully saturated rings. The van der Waals surface area contributed by atoms with Gasteiger partial charge in [0.25, 0.3) is 0 Å². The fourth-order valence-corrected chi connectivity index (χ4v) is 3.33. The lowest BCUT2D eigenvalue weighted by Crippen LogP contribution is -2.52. The van der Waals surface area contributed by atoms with E-state index in [1.54, 1.807) is 11.8 Å². The summed E-state index contributed by atoms with van der Waals surface area (Å²) in [4.78, 5) is 4.62. The Hall–Kier alpha value is -0.100. The Morgan fingerprint density at radius 3 is 2.39 bits per heavy atom. The van der Waals surface area contributed by atoms with Gasteiger partial charge in [0.05, 0.1) is 12.5 Å². The predicted molar refractivity (Wildman–Crippen MR) is 88.1 cm³/mol. The topological polar surface area (TPSA) is 6.48 Å². The van der Waals surface area contributed by atoms with Crippen molar-refractivity contribution in [1.29, 1.82) is 0 Å². The average molecular weight is 345 g/mol. The zero-order valence-electron chi connectivity index (χ0n) is 10.8. The first-order valence-corrected chi connectivity index (χ1v) is 8.01. The van der Waals surface area contributed by atoms with E-state index < -0.39 is 0 Å². The highest BCUT2D eigenvalue weighted by Crippen LogP contribution is 2.29. The molecule has 0 saturated carbocycles. The maximum Gasteiger partial charge on any atom is 0.143 e. The van der Waals surface area contributed by atoms with Gasteiger partial charge in [-0.05, 0) is 45.0 Å². The van der Waals surface area contributed by atoms with Crippen LogP contribution in [0, 0.1) is 0 Å². The van der Waals surface area contributed by atoms with E-state index in [1.807, 2.05) is 0 Å². The molecule has 0 unspecified atom stereocenters. The van der Waals surface area contributed by atoms with Crippen LogP contribution in [0.5, 0.6) is 0 Å². The highest BCUT2D eigenvalue weighted by atomic mass is 79.9. The van der Waals surface area contributed by atoms with E-state index in [2.05, 4.69) is 70.8 Å². The van der Waals surface area contributed by atoms with Crippen LogP contribution in [-0.4, -0.2) is 27.3 Å². The Balaban J connectivity index is 2.20. The molecule has 1 heterocycles. The van der Waals surface area contributed by atoms with Crippen LogP contribution < -0.4 is 4.90 Å². The fraction of sp³-hybridized carbons (Fsp3) is 0.462. The Labute approximate surface area is 127 Å². The Kier molecular flexibility index (Phi) is 4.36. The number of thiocarbonyl (C=S) groups is 1. The highest BCUT2D eigenvalue weighted by molar-refractivity contribution is 9.10. The molecule has 1 aliphatic rings. The monoisotopic (exact) mass is 344 g/mol. The van der Waals surface area contributed by atoms with Gasteiger partial charge in [0.15, 0.2) is 0 Å². The number of halogens is 1. The second-order valence-electron chi connectivity index (χ2n) is 5.30. The average Bonchev–Trinajstić information content (AvgIpc) is 2.29. The number of thioether (sulfide) groups is 1. The maximum absolute atomic E-state index is 5.47. The summed E-state index contributed by atoms with van der Waals surface area (Å²) in [6.45, 7) is 7.57. The van der Waals surface area contributed by atoms with Crippen LogP contribution in [0.3, 0.4) is 0 Å². The molecule has 18 heavy (non-hydrogen) atoms. The van der Waals surface area contributed by atoms with Gasteiger partial charge >= 0.3 is 0 Å². The molecular weight excluding hydrogens is 328 g/mol. The van der Waals surface area contributed by atoms with Gasteiger partial charge in [0.2, 0.25) is 0 Å². The first kappa shape index (κ1) is 14.3. The van der Waals surface area contributed by atoms with Crippen LogP contribution in [0.1, 0.15) is 20.8 Å². The smallest absolute Gasteiger partial charge is 0.143 e. The standard InChI is InChI=1S/C13H17BrN2S2/c1-13(2,3)15-8-16(12(17)18-9-15)11-6-4-10(14)5-7-11/h4-7H,8-9H2,1-3H3. The molecular formula is C13H17BrN2S2. The van der Waals surface area contributed by atoms with Crippen LogP contribution in [0.4, 0.5) is 5.69 Å². The van der Waals surface area contributed by atoms with Gasteiger partial charge < -0.3 is 4.90 Å². The van der Waals surface area contributed by atoms with Gasteiger partial charge in [-0.1, -0.05) is 39.9 Å². The van der Waals surface area contributed by atoms with Crippen LogP contribution in [0.15, 0.2) is 28.7 Å². The number of rotatable bonds is 1. The Bertz CT molecular complexity index is 439. The summed E-state index contributed by atoms with van der Waals surface area (Å²) in [6.07, 6.45) is 0. The number of benzene rings is 1. The number of hydrogen-bond donors (Lipinski definition) is 0. The Morgan fingerprint density at radius 2 is 1.83 bits per heavy atom. The molecule has 0 aromatic heterocycles. The van der Waals surface area contributed by atoms with E-state index in [9.17, 15) is 0 Å². The summed E-state index contributed by atoms with van der Waals surface area (Å²) in [7, 11) is 0. The molecule has 1 aromatic rings. The summed E-state index contributed by atoms with van der Waals surface area (Å²) in [5.74, 6) is 0.968. The van der Waals surface area contributed by atoms with Crippen molar-refractivity contribution in [2.75, 3.05) is 17.4 Å². The first-order valence-electron chi connectivity index (χ1n) is 5.83. The molecule has 98 valence electrons. The zero-order valence-corrected chi connectivity index (χ0v) is 14.0. The molecule has 1 saturated heterocycles. The fourth-order valence-electron chi connectivity index (χ4n) is 1.69. The summed E-state index contributed by atoms with van der Waals surface area (Å²) < 4.78 is 2.05. The number of anilines is 1. The van der Waals surface area contributed by atoms with E-state index in [0.717, 1.165) is 27.0 Å². The van der Waals surface area contributed by atoms with Crippen molar-refractivity contribution in [2.24, 2.45) is 0 Å². The zero-order chi connectivity index (χ0) is 13.3. The van der Waals surface area contributed by atoms with E-state index >= 15 is 0 Å². The third-order valence-corrected chi connectivity index (χ3v) is 4.97. The summed E-state index contributed by atoms with van der Waals surface area (Å²) in [6, 6.07) is 8.31. The van der Waals surface area contributed by atoms with Crippen molar-refractivity contribution in [2.45, 2.75) is 26.3 Å². The molecule has 0 N–H and O–H groups in total. The van der Waals surface area contributed by atoms with Gasteiger partial charge in [-0.3, -0.25) is 4.90 Å². The van der Waals surface area contributed by atoms with Gasteiger partial charge in [-0.15, -0.1) is 0 Å². The normalized spacial score (nSPS) is 18.2. The lowest BCUT2D eigenvalue weighted by molar-refractivity contribution is 0.170. The third-order valence-electron chi connectivity index (χ3n) is 2.96. The second-order valence-corrected chi connectivity index (χ2v) is 7.79. The van der Waals surface area contributed by atoms with Crippen molar-refractivity contribution in [1.82, 2.24) is 4.90 Å². The van der Waals surface area contributed by atoms with Crippen LogP contribution >= 0.6 is 39.9 Å². The quantitative estimate of drug-likeness (QED) is 0.700. The van der Waals surface area contributed by atoms with Crippen molar-refractivity contribution in [3.8, 4) is 0 Å². The molecule has 0 spiro atoms. The minimum absolute atomic E-state index is 0.163. The van der Waals surface area contributed by atoms with E-state index in [0.29, 0.717) is 0 Å². The third kappa shape index (κ3) is 3.26. The molecule has 0 bridgehead atoms. The predicted octanol–water partition coefficient (Wildman–Crippen LogP) is 4.30. The number of hydrogen-bond acceptors (Lipinski definition) is 3. The summed E-state index contributed by atoms with van der Waals surface area (Å²) in [5, 5.41) is 0. The largest absolute Gasteiger partial charge is 0.314 e. The summed E-state index contributed by atoms with van der Waals surface area (Å²) in [5.41, 5.74) is 1.32. The van der Waals surface area contributed by atoms with Gasteiger partial charge in [-0.25, -0.2) is 0 Å². The van der Waals surface area contributed by atoms with E-state index in [1.165, 1.54) is 0 Å². The molecule has 2 nitrogen and oxygen atoms in total. The van der Waals surface area contributed by atoms with Crippen LogP contribution in [0.25, 0.3) is 0 Å². The molecule has 2 rings (SSSR count). The molecule has 0 aliphatic carbocycles. The second kappa shape index (κ2) is 5.49. The van der Waals surface area contributed by atoms with Crippen LogP contribution in [0.2, 0.25) is 0 Å². The minimum Gasteiger partial charge on any atom is -0.314 e. The molecule has 1 aromatic carbocycles. The molecule has 5 heteroatoms. The lowest BCUT2D eigenvalue weighted by atomic mass is 10.1. The van der Waals surface area contributed by atoms with Crippen molar-refractivity contribution in [3.63, 3.8) is 0 Å². The number of nitrogens with zero attached hydrogens (tertiary/aromatic N) is 2. The molecule has 0 radical (unpaired) electrons. The lowest BCUT2D eigenvalue weighted by Gasteiger charge is -2.43. The SMILES string of the molecule is CC(C)(C)N1CSC(=S)N(c2ccc(Br)cc2)C1. The van der Waals surface area contributed by atoms with E-state index in [-0.39, 0.29) is 5.54 Å². The van der Waals surface area contributed by atoms with Crippen molar-refractivity contribution >= 4 is 49.9 Å². The Morgan fingerprint density at radius 1 is 1.22 bits per heavy atom. The van der Waals surface area contributed by atoms with Gasteiger partial charge in [-0.2, -0.15) is 0 Å².